The lowest BCUT2D eigenvalue weighted by Crippen LogP contribution is -2.37. The molecular formula is C19H24FNO4S. The highest BCUT2D eigenvalue weighted by molar-refractivity contribution is 7.73. The minimum Gasteiger partial charge on any atom is -0.492 e. The van der Waals surface area contributed by atoms with Crippen LogP contribution in [0.15, 0.2) is 23.0 Å². The van der Waals surface area contributed by atoms with Gasteiger partial charge in [-0.15, -0.1) is 0 Å². The number of carbonyl (C=O) groups excluding carboxylic acids is 1. The smallest absolute Gasteiger partial charge is 0.250 e. The van der Waals surface area contributed by atoms with Crippen molar-refractivity contribution in [3.63, 3.8) is 0 Å². The number of carbonyl (C=O) groups is 1. The number of alkyl halides is 1. The van der Waals surface area contributed by atoms with Crippen molar-refractivity contribution in [2.24, 2.45) is 11.8 Å². The molecule has 0 radical (unpaired) electrons. The lowest BCUT2D eigenvalue weighted by atomic mass is 9.92. The van der Waals surface area contributed by atoms with E-state index in [1.165, 1.54) is 0 Å². The quantitative estimate of drug-likeness (QED) is 0.718. The van der Waals surface area contributed by atoms with Gasteiger partial charge in [0.2, 0.25) is 10.3 Å². The third-order valence-corrected chi connectivity index (χ3v) is 6.36. The molecule has 0 heterocycles. The average Bonchev–Trinajstić information content (AvgIpc) is 3.53. The molecule has 7 heteroatoms. The Morgan fingerprint density at radius 2 is 1.85 bits per heavy atom. The first-order chi connectivity index (χ1) is 12.5. The molecule has 0 aromatic rings. The van der Waals surface area contributed by atoms with E-state index in [2.05, 4.69) is 5.32 Å². The maximum Gasteiger partial charge on any atom is 0.250 e. The molecule has 142 valence electrons. The molecule has 1 N–H and O–H groups in total. The molecule has 4 aliphatic rings. The van der Waals surface area contributed by atoms with Crippen molar-refractivity contribution in [3.8, 4) is 0 Å². The predicted octanol–water partition coefficient (Wildman–Crippen LogP) is 2.47. The van der Waals surface area contributed by atoms with Gasteiger partial charge < -0.3 is 10.1 Å². The summed E-state index contributed by atoms with van der Waals surface area (Å²) in [5.74, 6) is 0.202. The molecule has 0 aromatic carbocycles. The van der Waals surface area contributed by atoms with E-state index < -0.39 is 27.2 Å². The van der Waals surface area contributed by atoms with Crippen LogP contribution in [0.4, 0.5) is 4.39 Å². The van der Waals surface area contributed by atoms with E-state index in [0.29, 0.717) is 18.1 Å². The van der Waals surface area contributed by atoms with Crippen molar-refractivity contribution in [1.82, 2.24) is 5.32 Å². The Labute approximate surface area is 154 Å². The third-order valence-electron chi connectivity index (χ3n) is 5.61. The minimum atomic E-state index is -2.77. The average molecular weight is 381 g/mol. The zero-order valence-corrected chi connectivity index (χ0v) is 15.5. The molecule has 0 bridgehead atoms. The molecule has 4 rings (SSSR count). The zero-order chi connectivity index (χ0) is 18.3. The van der Waals surface area contributed by atoms with Gasteiger partial charge in [0.15, 0.2) is 11.0 Å². The van der Waals surface area contributed by atoms with Gasteiger partial charge in [-0.05, 0) is 62.0 Å². The number of hydrogen-bond donors (Lipinski definition) is 1. The third kappa shape index (κ3) is 3.72. The molecule has 1 amide bonds. The molecule has 0 saturated heterocycles. The van der Waals surface area contributed by atoms with E-state index in [-0.39, 0.29) is 23.3 Å². The van der Waals surface area contributed by atoms with Crippen LogP contribution in [-0.4, -0.2) is 38.0 Å². The van der Waals surface area contributed by atoms with Gasteiger partial charge in [-0.25, -0.2) is 4.39 Å². The first-order valence-electron chi connectivity index (χ1n) is 9.54. The van der Waals surface area contributed by atoms with Crippen LogP contribution in [0.1, 0.15) is 51.4 Å². The van der Waals surface area contributed by atoms with Gasteiger partial charge in [0.05, 0.1) is 12.2 Å². The van der Waals surface area contributed by atoms with Crippen molar-refractivity contribution in [2.45, 2.75) is 63.6 Å². The molecule has 4 aliphatic carbocycles. The maximum atomic E-state index is 15.0. The molecule has 0 aromatic heterocycles. The Kier molecular flexibility index (Phi) is 4.90. The van der Waals surface area contributed by atoms with Gasteiger partial charge in [0.1, 0.15) is 5.76 Å². The fraction of sp³-hybridized carbons (Fsp3) is 0.684. The Morgan fingerprint density at radius 3 is 2.42 bits per heavy atom. The van der Waals surface area contributed by atoms with Crippen LogP contribution in [0.5, 0.6) is 0 Å². The number of ether oxygens (including phenoxy) is 1. The summed E-state index contributed by atoms with van der Waals surface area (Å²) in [6.07, 6.45) is 7.62. The van der Waals surface area contributed by atoms with Gasteiger partial charge in [-0.1, -0.05) is 12.8 Å². The molecular weight excluding hydrogens is 357 g/mol. The normalized spacial score (nSPS) is 26.7. The first-order valence-corrected chi connectivity index (χ1v) is 10.6. The Morgan fingerprint density at radius 1 is 1.15 bits per heavy atom. The highest BCUT2D eigenvalue weighted by Gasteiger charge is 2.41. The summed E-state index contributed by atoms with van der Waals surface area (Å²) in [5, 5.41) is 2.76. The second-order valence-electron chi connectivity index (χ2n) is 7.83. The van der Waals surface area contributed by atoms with Crippen molar-refractivity contribution < 1.29 is 22.3 Å². The molecule has 5 nitrogen and oxygen atoms in total. The summed E-state index contributed by atoms with van der Waals surface area (Å²) in [6.45, 7) is 0.413. The number of allylic oxidation sites excluding steroid dienone is 3. The molecule has 0 aliphatic heterocycles. The topological polar surface area (TPSA) is 72.5 Å². The van der Waals surface area contributed by atoms with E-state index in [4.69, 9.17) is 4.74 Å². The predicted molar refractivity (Wildman–Crippen MR) is 95.7 cm³/mol. The van der Waals surface area contributed by atoms with Crippen molar-refractivity contribution >= 4 is 21.1 Å². The largest absolute Gasteiger partial charge is 0.492 e. The van der Waals surface area contributed by atoms with Crippen molar-refractivity contribution in [2.75, 3.05) is 6.61 Å². The number of halogens is 1. The van der Waals surface area contributed by atoms with Crippen LogP contribution >= 0.6 is 0 Å². The molecule has 1 unspecified atom stereocenters. The number of amides is 1. The lowest BCUT2D eigenvalue weighted by molar-refractivity contribution is -0.118. The van der Waals surface area contributed by atoms with Crippen molar-refractivity contribution in [1.29, 1.82) is 0 Å². The van der Waals surface area contributed by atoms with Gasteiger partial charge in [-0.2, -0.15) is 8.42 Å². The Hall–Kier alpha value is -1.63. The van der Waals surface area contributed by atoms with Crippen LogP contribution < -0.4 is 5.32 Å². The van der Waals surface area contributed by atoms with Gasteiger partial charge >= 0.3 is 0 Å². The molecule has 3 saturated carbocycles. The molecule has 0 spiro atoms. The summed E-state index contributed by atoms with van der Waals surface area (Å²) in [7, 11) is -2.77. The fourth-order valence-corrected chi connectivity index (χ4v) is 4.40. The van der Waals surface area contributed by atoms with Crippen molar-refractivity contribution in [3.05, 3.63) is 23.0 Å². The lowest BCUT2D eigenvalue weighted by Gasteiger charge is -2.24. The molecule has 3 fully saturated rings. The SMILES string of the molecule is O=C(NC1CC1)C1=CC(C2CC2)=C(OCC2CCCC2)C(=S(=O)=O)C1F. The summed E-state index contributed by atoms with van der Waals surface area (Å²) in [5.41, 5.74) is 0.572. The highest BCUT2D eigenvalue weighted by atomic mass is 32.2. The van der Waals surface area contributed by atoms with Crippen LogP contribution in [0.3, 0.4) is 0 Å². The van der Waals surface area contributed by atoms with E-state index in [1.807, 2.05) is 0 Å². The van der Waals surface area contributed by atoms with E-state index in [0.717, 1.165) is 51.4 Å². The van der Waals surface area contributed by atoms with Crippen LogP contribution in [-0.2, 0) is 19.8 Å². The standard InChI is InChI=1S/C19H24FNO4S/c20-16-15(19(22)21-13-7-8-13)9-14(12-5-6-12)17(18(16)26(23)24)25-10-11-3-1-2-4-11/h9,11-13,16H,1-8,10H2,(H,21,22). The number of hydrogen-bond acceptors (Lipinski definition) is 4. The summed E-state index contributed by atoms with van der Waals surface area (Å²) in [6, 6.07) is 0.0881. The second kappa shape index (κ2) is 7.18. The van der Waals surface area contributed by atoms with Gasteiger partial charge in [0.25, 0.3) is 5.91 Å². The number of nitrogens with one attached hydrogen (secondary N) is 1. The highest BCUT2D eigenvalue weighted by Crippen LogP contribution is 2.43. The summed E-state index contributed by atoms with van der Waals surface area (Å²) >= 11 is 0. The van der Waals surface area contributed by atoms with Crippen LogP contribution in [0, 0.1) is 11.8 Å². The van der Waals surface area contributed by atoms with Crippen LogP contribution in [0.25, 0.3) is 0 Å². The second-order valence-corrected chi connectivity index (χ2v) is 8.74. The monoisotopic (exact) mass is 381 g/mol. The molecule has 26 heavy (non-hydrogen) atoms. The number of rotatable bonds is 6. The minimum absolute atomic E-state index is 0.0881. The maximum absolute atomic E-state index is 15.0. The fourth-order valence-electron chi connectivity index (χ4n) is 3.77. The Bertz CT molecular complexity index is 791. The molecule has 1 atom stereocenters. The van der Waals surface area contributed by atoms with Gasteiger partial charge in [-0.3, -0.25) is 4.79 Å². The summed E-state index contributed by atoms with van der Waals surface area (Å²) in [4.78, 5) is 12.0. The Balaban J connectivity index is 1.66. The zero-order valence-electron chi connectivity index (χ0n) is 14.7. The van der Waals surface area contributed by atoms with E-state index in [1.54, 1.807) is 6.08 Å². The van der Waals surface area contributed by atoms with Gasteiger partial charge in [0, 0.05) is 6.04 Å². The van der Waals surface area contributed by atoms with Crippen LogP contribution in [0.2, 0.25) is 0 Å². The van der Waals surface area contributed by atoms with E-state index in [9.17, 15) is 13.2 Å². The first kappa shape index (κ1) is 17.8. The van der Waals surface area contributed by atoms with E-state index >= 15 is 4.39 Å². The summed E-state index contributed by atoms with van der Waals surface area (Å²) < 4.78 is 44.5.